The SMILES string of the molecule is Cc1nc(C(=O)N(C)CC(C)C(=O)O)c(C)s1. The Morgan fingerprint density at radius 3 is 2.47 bits per heavy atom. The van der Waals surface area contributed by atoms with E-state index in [4.69, 9.17) is 5.11 Å². The predicted molar refractivity (Wildman–Crippen MR) is 65.3 cm³/mol. The molecule has 6 heteroatoms. The van der Waals surface area contributed by atoms with Crippen molar-refractivity contribution in [2.24, 2.45) is 5.92 Å². The number of carbonyl (C=O) groups is 2. The number of hydrogen-bond donors (Lipinski definition) is 1. The summed E-state index contributed by atoms with van der Waals surface area (Å²) in [6.45, 7) is 5.44. The van der Waals surface area contributed by atoms with E-state index in [2.05, 4.69) is 4.98 Å². The van der Waals surface area contributed by atoms with Crippen LogP contribution in [0, 0.1) is 19.8 Å². The average Bonchev–Trinajstić information content (AvgIpc) is 2.56. The lowest BCUT2D eigenvalue weighted by molar-refractivity contribution is -0.141. The highest BCUT2D eigenvalue weighted by Crippen LogP contribution is 2.18. The minimum absolute atomic E-state index is 0.185. The van der Waals surface area contributed by atoms with Crippen LogP contribution in [0.1, 0.15) is 27.3 Å². The van der Waals surface area contributed by atoms with Gasteiger partial charge in [-0.1, -0.05) is 6.92 Å². The highest BCUT2D eigenvalue weighted by atomic mass is 32.1. The zero-order valence-electron chi connectivity index (χ0n) is 10.4. The van der Waals surface area contributed by atoms with Crippen LogP contribution in [0.2, 0.25) is 0 Å². The van der Waals surface area contributed by atoms with E-state index in [9.17, 15) is 9.59 Å². The highest BCUT2D eigenvalue weighted by molar-refractivity contribution is 7.11. The van der Waals surface area contributed by atoms with Crippen LogP contribution in [-0.4, -0.2) is 40.5 Å². The summed E-state index contributed by atoms with van der Waals surface area (Å²) in [7, 11) is 1.59. The lowest BCUT2D eigenvalue weighted by atomic mass is 10.1. The maximum absolute atomic E-state index is 12.0. The summed E-state index contributed by atoms with van der Waals surface area (Å²) in [4.78, 5) is 29.2. The highest BCUT2D eigenvalue weighted by Gasteiger charge is 2.21. The van der Waals surface area contributed by atoms with E-state index in [1.54, 1.807) is 14.0 Å². The zero-order valence-corrected chi connectivity index (χ0v) is 11.2. The minimum atomic E-state index is -0.907. The molecule has 17 heavy (non-hydrogen) atoms. The van der Waals surface area contributed by atoms with Gasteiger partial charge in [0.1, 0.15) is 5.69 Å². The number of nitrogens with zero attached hydrogens (tertiary/aromatic N) is 2. The van der Waals surface area contributed by atoms with E-state index >= 15 is 0 Å². The molecular weight excluding hydrogens is 240 g/mol. The first kappa shape index (κ1) is 13.6. The molecule has 1 amide bonds. The fourth-order valence-electron chi connectivity index (χ4n) is 1.48. The van der Waals surface area contributed by atoms with Crippen LogP contribution < -0.4 is 0 Å². The summed E-state index contributed by atoms with van der Waals surface area (Å²) >= 11 is 1.47. The summed E-state index contributed by atoms with van der Waals surface area (Å²) in [6, 6.07) is 0. The van der Waals surface area contributed by atoms with Crippen LogP contribution in [0.15, 0.2) is 0 Å². The maximum atomic E-state index is 12.0. The quantitative estimate of drug-likeness (QED) is 0.887. The second-order valence-corrected chi connectivity index (χ2v) is 5.47. The van der Waals surface area contributed by atoms with Gasteiger partial charge in [0.2, 0.25) is 0 Å². The molecule has 94 valence electrons. The van der Waals surface area contributed by atoms with E-state index in [0.29, 0.717) is 5.69 Å². The van der Waals surface area contributed by atoms with Crippen molar-refractivity contribution in [3.05, 3.63) is 15.6 Å². The molecule has 0 aliphatic carbocycles. The van der Waals surface area contributed by atoms with Gasteiger partial charge in [0, 0.05) is 18.5 Å². The van der Waals surface area contributed by atoms with Gasteiger partial charge in [-0.3, -0.25) is 9.59 Å². The van der Waals surface area contributed by atoms with Gasteiger partial charge in [-0.2, -0.15) is 0 Å². The van der Waals surface area contributed by atoms with Gasteiger partial charge in [0.15, 0.2) is 0 Å². The molecule has 0 saturated heterocycles. The molecule has 5 nitrogen and oxygen atoms in total. The monoisotopic (exact) mass is 256 g/mol. The Balaban J connectivity index is 2.77. The Labute approximate surface area is 104 Å². The first-order valence-electron chi connectivity index (χ1n) is 5.25. The Morgan fingerprint density at radius 2 is 2.06 bits per heavy atom. The maximum Gasteiger partial charge on any atom is 0.308 e. The molecule has 1 unspecified atom stereocenters. The third kappa shape index (κ3) is 3.26. The molecule has 0 bridgehead atoms. The normalized spacial score (nSPS) is 12.2. The number of carboxylic acid groups (broad SMARTS) is 1. The van der Waals surface area contributed by atoms with Crippen LogP contribution in [0.25, 0.3) is 0 Å². The molecule has 1 N–H and O–H groups in total. The first-order chi connectivity index (χ1) is 7.82. The van der Waals surface area contributed by atoms with E-state index in [1.807, 2.05) is 13.8 Å². The Morgan fingerprint density at radius 1 is 1.47 bits per heavy atom. The van der Waals surface area contributed by atoms with Crippen molar-refractivity contribution < 1.29 is 14.7 Å². The molecule has 0 saturated carbocycles. The lowest BCUT2D eigenvalue weighted by Crippen LogP contribution is -2.34. The number of carbonyl (C=O) groups excluding carboxylic acids is 1. The summed E-state index contributed by atoms with van der Waals surface area (Å²) in [5.74, 6) is -1.71. The number of carboxylic acids is 1. The van der Waals surface area contributed by atoms with Crippen LogP contribution >= 0.6 is 11.3 Å². The molecular formula is C11H16N2O3S. The number of aromatic nitrogens is 1. The van der Waals surface area contributed by atoms with E-state index in [-0.39, 0.29) is 12.5 Å². The van der Waals surface area contributed by atoms with Crippen molar-refractivity contribution in [2.75, 3.05) is 13.6 Å². The van der Waals surface area contributed by atoms with E-state index in [1.165, 1.54) is 16.2 Å². The number of amides is 1. The van der Waals surface area contributed by atoms with Gasteiger partial charge in [-0.25, -0.2) is 4.98 Å². The number of rotatable bonds is 4. The summed E-state index contributed by atoms with van der Waals surface area (Å²) in [5, 5.41) is 9.63. The molecule has 0 spiro atoms. The molecule has 0 aromatic carbocycles. The fraction of sp³-hybridized carbons (Fsp3) is 0.545. The number of aryl methyl sites for hydroxylation is 2. The van der Waals surface area contributed by atoms with E-state index in [0.717, 1.165) is 9.88 Å². The molecule has 0 aliphatic rings. The van der Waals surface area contributed by atoms with Crippen molar-refractivity contribution in [1.29, 1.82) is 0 Å². The Bertz CT molecular complexity index is 442. The molecule has 1 aromatic heterocycles. The molecule has 1 aromatic rings. The molecule has 1 atom stereocenters. The third-order valence-corrected chi connectivity index (χ3v) is 3.31. The zero-order chi connectivity index (χ0) is 13.2. The van der Waals surface area contributed by atoms with Crippen LogP contribution in [0.4, 0.5) is 0 Å². The average molecular weight is 256 g/mol. The Hall–Kier alpha value is -1.43. The summed E-state index contributed by atoms with van der Waals surface area (Å²) < 4.78 is 0. The van der Waals surface area contributed by atoms with Gasteiger partial charge in [-0.15, -0.1) is 11.3 Å². The van der Waals surface area contributed by atoms with Crippen LogP contribution in [0.3, 0.4) is 0 Å². The van der Waals surface area contributed by atoms with Crippen molar-refractivity contribution in [3.63, 3.8) is 0 Å². The Kier molecular flexibility index (Phi) is 4.22. The second-order valence-electron chi connectivity index (χ2n) is 4.06. The topological polar surface area (TPSA) is 70.5 Å². The lowest BCUT2D eigenvalue weighted by Gasteiger charge is -2.18. The molecule has 0 fully saturated rings. The van der Waals surface area contributed by atoms with Crippen molar-refractivity contribution >= 4 is 23.2 Å². The third-order valence-electron chi connectivity index (χ3n) is 2.42. The van der Waals surface area contributed by atoms with E-state index < -0.39 is 11.9 Å². The number of aliphatic carboxylic acids is 1. The van der Waals surface area contributed by atoms with Gasteiger partial charge in [0.25, 0.3) is 5.91 Å². The smallest absolute Gasteiger partial charge is 0.308 e. The fourth-order valence-corrected chi connectivity index (χ4v) is 2.29. The standard InChI is InChI=1S/C11H16N2O3S/c1-6(11(15)16)5-13(4)10(14)9-7(2)17-8(3)12-9/h6H,5H2,1-4H3,(H,15,16). The molecule has 0 aliphatic heterocycles. The second kappa shape index (κ2) is 5.27. The van der Waals surface area contributed by atoms with Gasteiger partial charge >= 0.3 is 5.97 Å². The van der Waals surface area contributed by atoms with Crippen LogP contribution in [0.5, 0.6) is 0 Å². The van der Waals surface area contributed by atoms with Gasteiger partial charge in [0.05, 0.1) is 10.9 Å². The van der Waals surface area contributed by atoms with Gasteiger partial charge in [-0.05, 0) is 13.8 Å². The molecule has 0 radical (unpaired) electrons. The largest absolute Gasteiger partial charge is 0.481 e. The predicted octanol–water partition coefficient (Wildman–Crippen LogP) is 1.55. The van der Waals surface area contributed by atoms with Crippen LogP contribution in [-0.2, 0) is 4.79 Å². The minimum Gasteiger partial charge on any atom is -0.481 e. The number of hydrogen-bond acceptors (Lipinski definition) is 4. The van der Waals surface area contributed by atoms with Crippen molar-refractivity contribution in [1.82, 2.24) is 9.88 Å². The van der Waals surface area contributed by atoms with Crippen molar-refractivity contribution in [2.45, 2.75) is 20.8 Å². The summed E-state index contributed by atoms with van der Waals surface area (Å²) in [6.07, 6.45) is 0. The number of thiazole rings is 1. The van der Waals surface area contributed by atoms with Crippen molar-refractivity contribution in [3.8, 4) is 0 Å². The van der Waals surface area contributed by atoms with Gasteiger partial charge < -0.3 is 10.0 Å². The molecule has 1 rings (SSSR count). The molecule has 1 heterocycles. The first-order valence-corrected chi connectivity index (χ1v) is 6.07. The summed E-state index contributed by atoms with van der Waals surface area (Å²) in [5.41, 5.74) is 0.424.